The molecule has 0 bridgehead atoms. The average Bonchev–Trinajstić information content (AvgIpc) is 2.70. The van der Waals surface area contributed by atoms with Crippen molar-refractivity contribution < 1.29 is 9.47 Å². The Morgan fingerprint density at radius 3 is 2.63 bits per heavy atom. The van der Waals surface area contributed by atoms with Gasteiger partial charge in [0.05, 0.1) is 6.61 Å². The van der Waals surface area contributed by atoms with Gasteiger partial charge >= 0.3 is 0 Å². The molecule has 0 aliphatic heterocycles. The van der Waals surface area contributed by atoms with Crippen LogP contribution in [0.2, 0.25) is 0 Å². The summed E-state index contributed by atoms with van der Waals surface area (Å²) in [5, 5.41) is 7.10. The van der Waals surface area contributed by atoms with Crippen LogP contribution in [0.1, 0.15) is 12.5 Å². The molecule has 1 unspecified atom stereocenters. The van der Waals surface area contributed by atoms with Crippen LogP contribution in [-0.4, -0.2) is 50.1 Å². The Balaban J connectivity index is 1.71. The average molecular weight is 389 g/mol. The third kappa shape index (κ3) is 8.32. The molecule has 0 saturated carbocycles. The largest absolute Gasteiger partial charge is 0.475 e. The van der Waals surface area contributed by atoms with Gasteiger partial charge in [0.2, 0.25) is 5.88 Å². The van der Waals surface area contributed by atoms with Crippen molar-refractivity contribution >= 4 is 17.7 Å². The van der Waals surface area contributed by atoms with Crippen molar-refractivity contribution in [3.8, 4) is 5.88 Å². The third-order valence-electron chi connectivity index (χ3n) is 3.66. The quantitative estimate of drug-likeness (QED) is 0.282. The number of hydrogen-bond acceptors (Lipinski definition) is 5. The molecule has 0 aliphatic rings. The fourth-order valence-corrected chi connectivity index (χ4v) is 3.20. The third-order valence-corrected chi connectivity index (χ3v) is 4.77. The highest BCUT2D eigenvalue weighted by Crippen LogP contribution is 2.21. The number of aliphatic imine (C=N–C) groups is 1. The molecule has 0 amide bonds. The Labute approximate surface area is 165 Å². The van der Waals surface area contributed by atoms with Crippen LogP contribution in [0.25, 0.3) is 0 Å². The highest BCUT2D eigenvalue weighted by Gasteiger charge is 2.06. The maximum absolute atomic E-state index is 5.47. The van der Waals surface area contributed by atoms with Crippen molar-refractivity contribution in [2.45, 2.75) is 23.6 Å². The van der Waals surface area contributed by atoms with E-state index in [0.29, 0.717) is 30.9 Å². The Morgan fingerprint density at radius 1 is 1.15 bits per heavy atom. The lowest BCUT2D eigenvalue weighted by molar-refractivity contribution is 0.143. The van der Waals surface area contributed by atoms with Gasteiger partial charge < -0.3 is 20.1 Å². The number of thioether (sulfide) groups is 1. The molecule has 1 atom stereocenters. The fourth-order valence-electron chi connectivity index (χ4n) is 2.25. The van der Waals surface area contributed by atoms with E-state index >= 15 is 0 Å². The van der Waals surface area contributed by atoms with E-state index in [1.54, 1.807) is 20.4 Å². The summed E-state index contributed by atoms with van der Waals surface area (Å²) in [6.45, 7) is 4.71. The van der Waals surface area contributed by atoms with E-state index in [1.165, 1.54) is 4.90 Å². The van der Waals surface area contributed by atoms with Crippen LogP contribution in [0.4, 0.5) is 0 Å². The van der Waals surface area contributed by atoms with Crippen LogP contribution in [0.15, 0.2) is 58.5 Å². The van der Waals surface area contributed by atoms with Crippen molar-refractivity contribution in [1.29, 1.82) is 0 Å². The second-order valence-corrected chi connectivity index (χ2v) is 7.41. The summed E-state index contributed by atoms with van der Waals surface area (Å²) in [4.78, 5) is 9.84. The van der Waals surface area contributed by atoms with Gasteiger partial charge in [0, 0.05) is 49.7 Å². The molecule has 2 aromatic rings. The molecular weight excluding hydrogens is 360 g/mol. The Hall–Kier alpha value is -2.25. The van der Waals surface area contributed by atoms with Crippen LogP contribution in [0.3, 0.4) is 0 Å². The molecule has 1 aromatic heterocycles. The number of benzene rings is 1. The van der Waals surface area contributed by atoms with E-state index in [1.807, 2.05) is 30.0 Å². The Bertz CT molecular complexity index is 680. The number of rotatable bonds is 10. The number of nitrogens with one attached hydrogen (secondary N) is 2. The lowest BCUT2D eigenvalue weighted by Gasteiger charge is -2.16. The van der Waals surface area contributed by atoms with Gasteiger partial charge in [0.1, 0.15) is 6.61 Å². The summed E-state index contributed by atoms with van der Waals surface area (Å²) in [5.74, 6) is 1.38. The molecule has 1 heterocycles. The summed E-state index contributed by atoms with van der Waals surface area (Å²) in [5.41, 5.74) is 1.06. The topological polar surface area (TPSA) is 67.8 Å². The van der Waals surface area contributed by atoms with Crippen LogP contribution in [-0.2, 0) is 11.3 Å². The van der Waals surface area contributed by atoms with Crippen LogP contribution in [0.5, 0.6) is 5.88 Å². The maximum Gasteiger partial charge on any atom is 0.213 e. The normalized spacial score (nSPS) is 12.5. The van der Waals surface area contributed by atoms with E-state index in [4.69, 9.17) is 9.47 Å². The van der Waals surface area contributed by atoms with Crippen molar-refractivity contribution in [3.05, 3.63) is 54.2 Å². The van der Waals surface area contributed by atoms with Gasteiger partial charge in [-0.1, -0.05) is 31.2 Å². The predicted molar refractivity (Wildman–Crippen MR) is 112 cm³/mol. The van der Waals surface area contributed by atoms with E-state index in [9.17, 15) is 0 Å². The fraction of sp³-hybridized carbons (Fsp3) is 0.400. The lowest BCUT2D eigenvalue weighted by Crippen LogP contribution is -2.39. The highest BCUT2D eigenvalue weighted by molar-refractivity contribution is 8.00. The zero-order valence-electron chi connectivity index (χ0n) is 16.1. The molecule has 27 heavy (non-hydrogen) atoms. The van der Waals surface area contributed by atoms with Crippen LogP contribution < -0.4 is 15.4 Å². The van der Waals surface area contributed by atoms with Gasteiger partial charge in [-0.3, -0.25) is 4.99 Å². The molecule has 0 fully saturated rings. The van der Waals surface area contributed by atoms with Gasteiger partial charge in [0.25, 0.3) is 0 Å². The summed E-state index contributed by atoms with van der Waals surface area (Å²) >= 11 is 1.84. The molecule has 0 radical (unpaired) electrons. The first-order chi connectivity index (χ1) is 13.2. The number of nitrogens with zero attached hydrogens (tertiary/aromatic N) is 2. The van der Waals surface area contributed by atoms with Crippen molar-refractivity contribution in [2.24, 2.45) is 4.99 Å². The Morgan fingerprint density at radius 2 is 1.96 bits per heavy atom. The maximum atomic E-state index is 5.47. The minimum atomic E-state index is 0.427. The summed E-state index contributed by atoms with van der Waals surface area (Å²) in [6.07, 6.45) is 1.80. The molecule has 6 nitrogen and oxygen atoms in total. The Kier molecular flexibility index (Phi) is 9.51. The van der Waals surface area contributed by atoms with Crippen molar-refractivity contribution in [2.75, 3.05) is 33.9 Å². The highest BCUT2D eigenvalue weighted by atomic mass is 32.2. The molecule has 146 valence electrons. The minimum Gasteiger partial charge on any atom is -0.475 e. The van der Waals surface area contributed by atoms with Gasteiger partial charge in [-0.15, -0.1) is 11.8 Å². The number of hydrogen-bond donors (Lipinski definition) is 2. The zero-order chi connectivity index (χ0) is 19.3. The molecule has 0 aliphatic carbocycles. The first kappa shape index (κ1) is 21.1. The smallest absolute Gasteiger partial charge is 0.213 e. The standard InChI is InChI=1S/C20H28N4O2S/c1-16(27-18-7-5-4-6-8-18)13-23-20(21-2)24-15-17-9-10-19(22-14-17)26-12-11-25-3/h4-10,14,16H,11-13,15H2,1-3H3,(H2,21,23,24). The molecule has 0 saturated heterocycles. The zero-order valence-corrected chi connectivity index (χ0v) is 17.0. The molecule has 2 N–H and O–H groups in total. The first-order valence-electron chi connectivity index (χ1n) is 8.94. The molecule has 2 rings (SSSR count). The van der Waals surface area contributed by atoms with E-state index in [-0.39, 0.29) is 0 Å². The van der Waals surface area contributed by atoms with Gasteiger partial charge in [-0.05, 0) is 17.7 Å². The predicted octanol–water partition coefficient (Wildman–Crippen LogP) is 2.95. The van der Waals surface area contributed by atoms with Crippen molar-refractivity contribution in [1.82, 2.24) is 15.6 Å². The minimum absolute atomic E-state index is 0.427. The summed E-state index contributed by atoms with van der Waals surface area (Å²) in [7, 11) is 3.42. The van der Waals surface area contributed by atoms with Gasteiger partial charge in [-0.2, -0.15) is 0 Å². The first-order valence-corrected chi connectivity index (χ1v) is 9.82. The molecule has 1 aromatic carbocycles. The molecule has 7 heteroatoms. The number of guanidine groups is 1. The second kappa shape index (κ2) is 12.2. The number of aromatic nitrogens is 1. The summed E-state index contributed by atoms with van der Waals surface area (Å²) < 4.78 is 10.4. The van der Waals surface area contributed by atoms with Crippen molar-refractivity contribution in [3.63, 3.8) is 0 Å². The second-order valence-electron chi connectivity index (χ2n) is 5.89. The monoisotopic (exact) mass is 388 g/mol. The SMILES string of the molecule is CN=C(NCc1ccc(OCCOC)nc1)NCC(C)Sc1ccccc1. The number of methoxy groups -OCH3 is 1. The van der Waals surface area contributed by atoms with E-state index in [2.05, 4.69) is 51.8 Å². The molecule has 0 spiro atoms. The van der Waals surface area contributed by atoms with Crippen LogP contribution >= 0.6 is 11.8 Å². The van der Waals surface area contributed by atoms with Crippen LogP contribution in [0, 0.1) is 0 Å². The van der Waals surface area contributed by atoms with Gasteiger partial charge in [-0.25, -0.2) is 4.98 Å². The van der Waals surface area contributed by atoms with E-state index < -0.39 is 0 Å². The van der Waals surface area contributed by atoms with E-state index in [0.717, 1.165) is 18.1 Å². The summed E-state index contributed by atoms with van der Waals surface area (Å²) in [6, 6.07) is 14.3. The van der Waals surface area contributed by atoms with Gasteiger partial charge in [0.15, 0.2) is 5.96 Å². The molecular formula is C20H28N4O2S. The number of ether oxygens (including phenoxy) is 2. The number of pyridine rings is 1. The lowest BCUT2D eigenvalue weighted by atomic mass is 10.3.